The number of likely N-dealkylation sites (N-methyl/N-ethyl adjacent to an activating group) is 1. The van der Waals surface area contributed by atoms with Gasteiger partial charge in [-0.3, -0.25) is 34.3 Å². The number of carbonyl (C=O) groups excluding carboxylic acids is 10. The van der Waals surface area contributed by atoms with Crippen LogP contribution in [0, 0.1) is 5.82 Å². The van der Waals surface area contributed by atoms with E-state index in [2.05, 4.69) is 25.7 Å². The molecule has 3 aliphatic rings. The molecule has 35 heteroatoms. The van der Waals surface area contributed by atoms with Gasteiger partial charge in [-0.2, -0.15) is 58.6 Å². The first kappa shape index (κ1) is 86.2. The lowest BCUT2D eigenvalue weighted by Crippen LogP contribution is -2.46. The number of aromatic nitrogens is 1. The zero-order valence-corrected chi connectivity index (χ0v) is 58.7. The van der Waals surface area contributed by atoms with Gasteiger partial charge in [-0.05, 0) is 118 Å². The van der Waals surface area contributed by atoms with Crippen LogP contribution in [0.2, 0.25) is 5.02 Å². The molecular formula is C67H77ClF4N10O17S3. The van der Waals surface area contributed by atoms with Crippen LogP contribution in [0.3, 0.4) is 0 Å². The Morgan fingerprint density at radius 2 is 1.23 bits per heavy atom. The molecule has 6 aromatic rings. The van der Waals surface area contributed by atoms with Gasteiger partial charge in [0.15, 0.2) is 6.73 Å². The monoisotopic (exact) mass is 1500 g/mol. The van der Waals surface area contributed by atoms with Gasteiger partial charge >= 0.3 is 48.5 Å². The molecule has 1 aromatic heterocycles. The Morgan fingerprint density at radius 1 is 0.686 bits per heavy atom. The number of hydrogen-bond donors (Lipinski definition) is 6. The van der Waals surface area contributed by atoms with Gasteiger partial charge in [0.1, 0.15) is 43.5 Å². The van der Waals surface area contributed by atoms with Gasteiger partial charge in [-0.15, -0.1) is 0 Å². The number of nitrogens with one attached hydrogen (secondary N) is 3. The Balaban J connectivity index is 0.000000364. The minimum Gasteiger partial charge on any atom is -0.480 e. The third-order valence-electron chi connectivity index (χ3n) is 14.7. The molecule has 8 N–H and O–H groups in total. The lowest BCUT2D eigenvalue weighted by Gasteiger charge is -2.28. The van der Waals surface area contributed by atoms with Gasteiger partial charge in [0.25, 0.3) is 23.6 Å². The van der Waals surface area contributed by atoms with E-state index in [1.807, 2.05) is 60.7 Å². The molecule has 550 valence electrons. The van der Waals surface area contributed by atoms with E-state index in [1.54, 1.807) is 49.4 Å². The zero-order valence-electron chi connectivity index (χ0n) is 55.0. The Kier molecular flexibility index (Phi) is 36.3. The molecule has 0 spiro atoms. The number of ether oxygens (including phenoxy) is 5. The van der Waals surface area contributed by atoms with E-state index in [0.717, 1.165) is 23.3 Å². The van der Waals surface area contributed by atoms with Crippen molar-refractivity contribution < 1.29 is 99.1 Å². The average Bonchev–Trinajstić information content (AvgIpc) is 1.70. The maximum atomic E-state index is 13.6. The molecule has 3 atom stereocenters. The van der Waals surface area contributed by atoms with E-state index >= 15 is 0 Å². The molecule has 0 radical (unpaired) electrons. The molecule has 5 aromatic carbocycles. The Hall–Kier alpha value is -10.0. The maximum Gasteiger partial charge on any atom is 0.424 e. The molecular weight excluding hydrogens is 1420 g/mol. The van der Waals surface area contributed by atoms with Crippen molar-refractivity contribution in [1.29, 1.82) is 0 Å². The van der Waals surface area contributed by atoms with Crippen LogP contribution in [0.25, 0.3) is 0 Å². The van der Waals surface area contributed by atoms with Gasteiger partial charge in [-0.1, -0.05) is 109 Å². The quantitative estimate of drug-likeness (QED) is 0.0150. The number of nitrogens with two attached hydrogens (primary N) is 2. The van der Waals surface area contributed by atoms with E-state index in [0.29, 0.717) is 66.6 Å². The van der Waals surface area contributed by atoms with Crippen molar-refractivity contribution in [3.8, 4) is 0 Å². The number of nitrogens with zero attached hydrogens (tertiary/aromatic N) is 5. The molecule has 9 rings (SSSR count). The fourth-order valence-electron chi connectivity index (χ4n) is 9.45. The molecule has 27 nitrogen and oxygen atoms in total. The van der Waals surface area contributed by atoms with Crippen LogP contribution in [-0.2, 0) is 59.2 Å². The molecule has 3 aliphatic heterocycles. The second-order valence-electron chi connectivity index (χ2n) is 21.5. The first-order chi connectivity index (χ1) is 47.4. The molecule has 0 unspecified atom stereocenters. The van der Waals surface area contributed by atoms with Gasteiger partial charge in [0.2, 0.25) is 0 Å². The molecule has 0 saturated carbocycles. The first-order valence-electron chi connectivity index (χ1n) is 30.6. The number of urea groups is 1. The fourth-order valence-corrected chi connectivity index (χ4v) is 9.65. The fraction of sp³-hybridized carbons (Fsp3) is 0.313. The van der Waals surface area contributed by atoms with Crippen molar-refractivity contribution in [3.63, 3.8) is 0 Å². The highest BCUT2D eigenvalue weighted by atomic mass is 35.5. The summed E-state index contributed by atoms with van der Waals surface area (Å²) in [5.41, 5.74) is 13.2. The first-order valence-corrected chi connectivity index (χ1v) is 31.0. The summed E-state index contributed by atoms with van der Waals surface area (Å²) < 4.78 is 76.4. The highest BCUT2D eigenvalue weighted by Crippen LogP contribution is 2.30. The minimum absolute atomic E-state index is 0. The summed E-state index contributed by atoms with van der Waals surface area (Å²) in [4.78, 5) is 139. The number of benzene rings is 5. The summed E-state index contributed by atoms with van der Waals surface area (Å²) in [6.07, 6.45) is -4.86. The van der Waals surface area contributed by atoms with Crippen LogP contribution in [0.15, 0.2) is 146 Å². The largest absolute Gasteiger partial charge is 0.480 e. The number of anilines is 1. The number of imide groups is 4. The summed E-state index contributed by atoms with van der Waals surface area (Å²) in [7, 11) is 1.49. The van der Waals surface area contributed by atoms with E-state index in [-0.39, 0.29) is 133 Å². The molecule has 1 fully saturated rings. The molecule has 0 aliphatic carbocycles. The molecule has 102 heavy (non-hydrogen) atoms. The summed E-state index contributed by atoms with van der Waals surface area (Å²) in [6, 6.07) is 34.5. The second kappa shape index (κ2) is 43.0. The number of alkyl halides is 3. The number of hydrogen-bond acceptors (Lipinski definition) is 19. The van der Waals surface area contributed by atoms with Crippen molar-refractivity contribution >= 4 is 124 Å². The number of pyridine rings is 1. The topological polar surface area (TPSA) is 368 Å². The highest BCUT2D eigenvalue weighted by Gasteiger charge is 2.42. The van der Waals surface area contributed by atoms with Crippen LogP contribution < -0.4 is 27.4 Å². The van der Waals surface area contributed by atoms with Gasteiger partial charge in [0, 0.05) is 26.3 Å². The lowest BCUT2D eigenvalue weighted by atomic mass is 10.1. The second-order valence-corrected chi connectivity index (χ2v) is 21.9. The number of fused-ring (bicyclic) bond motifs is 2. The number of rotatable bonds is 23. The van der Waals surface area contributed by atoms with Crippen molar-refractivity contribution in [1.82, 2.24) is 35.2 Å². The predicted molar refractivity (Wildman–Crippen MR) is 377 cm³/mol. The summed E-state index contributed by atoms with van der Waals surface area (Å²) >= 11 is 5.89. The van der Waals surface area contributed by atoms with Crippen LogP contribution in [0.4, 0.5) is 47.4 Å². The van der Waals surface area contributed by atoms with Gasteiger partial charge in [0.05, 0.1) is 45.5 Å². The number of carboxylic acid groups (broad SMARTS) is 1. The highest BCUT2D eigenvalue weighted by molar-refractivity contribution is 7.59. The average molecular weight is 1500 g/mol. The molecule has 10 amide bonds. The zero-order chi connectivity index (χ0) is 72.2. The number of aliphatic carboxylic acids is 1. The number of amides is 10. The number of alkyl carbamates (subject to hydrolysis) is 1. The SMILES string of the molecule is CCOC(=O)N1C(=O)c2ccccc2C1=O.CN(C(=O)NCc1cccc(F)c1Cl)[C@@H](CCCN)COC(=O)Nc1ccc(C(F)(F)F)cn1.NCCC[C@H](NC(=O)OCc1ccccc1)C(=O)O.O=C1OCN(C(=O)OCc2ccccc2)[C@H]1CCCN1C(=O)c2ccccc2C1=O.S.S.S. The predicted octanol–water partition coefficient (Wildman–Crippen LogP) is 9.86. The van der Waals surface area contributed by atoms with Crippen LogP contribution in [0.5, 0.6) is 0 Å². The van der Waals surface area contributed by atoms with Gasteiger partial charge in [-0.25, -0.2) is 42.9 Å². The number of carboxylic acids is 1. The van der Waals surface area contributed by atoms with Gasteiger partial charge < -0.3 is 55.8 Å². The molecule has 4 heterocycles. The van der Waals surface area contributed by atoms with Crippen LogP contribution in [0.1, 0.15) is 109 Å². The minimum atomic E-state index is -4.55. The van der Waals surface area contributed by atoms with E-state index < -0.39 is 89.8 Å². The van der Waals surface area contributed by atoms with Crippen LogP contribution >= 0.6 is 52.1 Å². The van der Waals surface area contributed by atoms with Crippen molar-refractivity contribution in [2.75, 3.05) is 51.9 Å². The Labute approximate surface area is 609 Å². The Morgan fingerprint density at radius 3 is 1.75 bits per heavy atom. The summed E-state index contributed by atoms with van der Waals surface area (Å²) in [6.45, 7) is 2.38. The third-order valence-corrected chi connectivity index (χ3v) is 15.1. The molecule has 0 bridgehead atoms. The number of cyclic esters (lactones) is 1. The standard InChI is InChI=1S/C22H20N2O6.C21H24ClF4N5O3.C13H18N2O4.C11H9NO4.3H2S/c25-19-16-9-4-5-10-17(16)20(26)23(19)12-6-11-18-21(27)30-14-24(18)22(28)29-13-15-7-2-1-3-8-15;1-31(19(32)29-10-13-4-2-6-16(23)18(13)22)15(5-3-9-27)12-34-20(33)30-17-8-7-14(11-28-17)21(24,25)26;14-8-4-7-11(12(16)17)15-13(18)19-9-10-5-2-1-3-6-10;1-2-16-11(15)12-9(13)7-5-3-4-6-8(7)10(12)14;;;/h1-5,7-10,18H,6,11-14H2;2,4,6-8,11,15H,3,5,9-10,12,27H2,1H3,(H,29,32)(H,28,30,33);1-3,5-6,11H,4,7-9,14H2,(H,15,18)(H,16,17);3-6H,2H2,1H3;3*1H2/t18-;15-;11-;;;;/m000..../s1. The number of halogens is 5. The van der Waals surface area contributed by atoms with Crippen molar-refractivity contribution in [2.45, 2.75) is 89.5 Å². The molecule has 1 saturated heterocycles. The third kappa shape index (κ3) is 25.3. The summed E-state index contributed by atoms with van der Waals surface area (Å²) in [5.74, 6) is -4.29. The number of esters is 1. The maximum absolute atomic E-state index is 13.6. The van der Waals surface area contributed by atoms with Crippen LogP contribution in [-0.4, -0.2) is 160 Å². The number of carbonyl (C=O) groups is 11. The normalized spacial score (nSPS) is 13.6. The Bertz CT molecular complexity index is 3760. The van der Waals surface area contributed by atoms with E-state index in [9.17, 15) is 70.3 Å². The summed E-state index contributed by atoms with van der Waals surface area (Å²) in [5, 5.41) is 16.0. The van der Waals surface area contributed by atoms with Crippen molar-refractivity contribution in [3.05, 3.63) is 201 Å². The smallest absolute Gasteiger partial charge is 0.424 e. The lowest BCUT2D eigenvalue weighted by molar-refractivity contribution is -0.140. The van der Waals surface area contributed by atoms with E-state index in [1.165, 1.54) is 46.0 Å². The van der Waals surface area contributed by atoms with Crippen molar-refractivity contribution in [2.24, 2.45) is 11.5 Å². The van der Waals surface area contributed by atoms with E-state index in [4.69, 9.17) is 47.1 Å².